The van der Waals surface area contributed by atoms with Gasteiger partial charge in [0.2, 0.25) is 11.8 Å². The number of nitrogens with zero attached hydrogens (tertiary/aromatic N) is 4. The summed E-state index contributed by atoms with van der Waals surface area (Å²) in [7, 11) is 3.61. The maximum Gasteiger partial charge on any atom is 0.343 e. The molecule has 0 aliphatic carbocycles. The Hall–Kier alpha value is -4.69. The first-order chi connectivity index (χ1) is 21.5. The van der Waals surface area contributed by atoms with E-state index in [0.29, 0.717) is 10.2 Å². The van der Waals surface area contributed by atoms with Gasteiger partial charge in [-0.25, -0.2) is 9.48 Å². The Kier molecular flexibility index (Phi) is 8.10. The number of rotatable bonds is 6. The molecule has 3 aliphatic heterocycles. The van der Waals surface area contributed by atoms with Crippen LogP contribution in [0.1, 0.15) is 61.8 Å². The second-order valence-corrected chi connectivity index (χ2v) is 12.2. The summed E-state index contributed by atoms with van der Waals surface area (Å²) in [6, 6.07) is 10.3. The van der Waals surface area contributed by atoms with Crippen molar-refractivity contribution in [3.05, 3.63) is 85.7 Å². The number of piperidine rings is 2. The lowest BCUT2D eigenvalue weighted by molar-refractivity contribution is -0.136. The molecule has 2 aromatic carbocycles. The monoisotopic (exact) mass is 676 g/mol. The molecule has 232 valence electrons. The number of hydrogen-bond acceptors (Lipinski definition) is 10. The van der Waals surface area contributed by atoms with Crippen molar-refractivity contribution in [2.75, 3.05) is 25.5 Å². The predicted molar refractivity (Wildman–Crippen MR) is 164 cm³/mol. The van der Waals surface area contributed by atoms with Gasteiger partial charge in [0.25, 0.3) is 17.4 Å². The smallest absolute Gasteiger partial charge is 0.343 e. The number of carbonyl (C=O) groups excluding carboxylic acids is 5. The van der Waals surface area contributed by atoms with Gasteiger partial charge in [-0.05, 0) is 71.6 Å². The highest BCUT2D eigenvalue weighted by Gasteiger charge is 2.46. The number of amides is 4. The standard InChI is InChI=1S/C31H29BrN6O7/c1-36-14-18(12-19(15-36)34-21-13-33-37(2)30(43)26(21)32)16-6-8-17(9-7-16)31(44)45-23-5-3-4-20-25(23)29(42)38(28(20)41)22-10-11-24(39)35-27(22)40/h3-9,13,18-19,22,34H,10-12,14-15H2,1-2H3,(H,35,39,40). The Balaban J connectivity index is 1.15. The first kappa shape index (κ1) is 30.3. The first-order valence-electron chi connectivity index (χ1n) is 14.4. The number of ether oxygens (including phenoxy) is 1. The molecule has 45 heavy (non-hydrogen) atoms. The number of halogens is 1. The zero-order chi connectivity index (χ0) is 32.0. The number of aromatic nitrogens is 2. The number of aryl methyl sites for hydroxylation is 1. The van der Waals surface area contributed by atoms with Gasteiger partial charge in [0.15, 0.2) is 0 Å². The van der Waals surface area contributed by atoms with Crippen LogP contribution in [0.5, 0.6) is 5.75 Å². The third-order valence-electron chi connectivity index (χ3n) is 8.32. The molecule has 0 bridgehead atoms. The van der Waals surface area contributed by atoms with E-state index in [4.69, 9.17) is 4.74 Å². The van der Waals surface area contributed by atoms with E-state index >= 15 is 0 Å². The van der Waals surface area contributed by atoms with Crippen LogP contribution in [0.25, 0.3) is 0 Å². The zero-order valence-corrected chi connectivity index (χ0v) is 26.0. The molecule has 3 atom stereocenters. The van der Waals surface area contributed by atoms with Crippen molar-refractivity contribution >= 4 is 51.2 Å². The van der Waals surface area contributed by atoms with Gasteiger partial charge in [-0.1, -0.05) is 18.2 Å². The summed E-state index contributed by atoms with van der Waals surface area (Å²) in [6.45, 7) is 1.57. The van der Waals surface area contributed by atoms with Crippen molar-refractivity contribution < 1.29 is 28.7 Å². The molecular formula is C31H29BrN6O7. The number of anilines is 1. The van der Waals surface area contributed by atoms with E-state index in [1.54, 1.807) is 25.4 Å². The highest BCUT2D eigenvalue weighted by molar-refractivity contribution is 9.10. The second kappa shape index (κ2) is 12.0. The van der Waals surface area contributed by atoms with Crippen molar-refractivity contribution in [1.82, 2.24) is 24.9 Å². The van der Waals surface area contributed by atoms with Gasteiger partial charge in [-0.2, -0.15) is 5.10 Å². The fourth-order valence-corrected chi connectivity index (χ4v) is 6.59. The van der Waals surface area contributed by atoms with E-state index in [1.807, 2.05) is 19.2 Å². The van der Waals surface area contributed by atoms with Crippen molar-refractivity contribution in [1.29, 1.82) is 0 Å². The molecule has 4 heterocycles. The lowest BCUT2D eigenvalue weighted by atomic mass is 9.88. The Labute approximate surface area is 265 Å². The second-order valence-electron chi connectivity index (χ2n) is 11.4. The minimum absolute atomic E-state index is 0.000518. The van der Waals surface area contributed by atoms with Gasteiger partial charge in [-0.3, -0.25) is 34.2 Å². The number of imide groups is 2. The molecule has 14 heteroatoms. The molecule has 1 aromatic heterocycles. The maximum atomic E-state index is 13.3. The lowest BCUT2D eigenvalue weighted by Gasteiger charge is -2.36. The number of likely N-dealkylation sites (N-methyl/N-ethyl adjacent to an activating group) is 1. The summed E-state index contributed by atoms with van der Waals surface area (Å²) in [6.07, 6.45) is 2.42. The average Bonchev–Trinajstić information content (AvgIpc) is 3.27. The molecule has 0 spiro atoms. The van der Waals surface area contributed by atoms with Crippen LogP contribution in [0.4, 0.5) is 5.69 Å². The Morgan fingerprint density at radius 2 is 1.78 bits per heavy atom. The summed E-state index contributed by atoms with van der Waals surface area (Å²) in [5, 5.41) is 9.69. The van der Waals surface area contributed by atoms with E-state index in [0.717, 1.165) is 30.0 Å². The van der Waals surface area contributed by atoms with E-state index in [1.165, 1.54) is 22.9 Å². The maximum absolute atomic E-state index is 13.3. The number of hydrogen-bond donors (Lipinski definition) is 2. The van der Waals surface area contributed by atoms with Crippen LogP contribution in [-0.2, 0) is 16.6 Å². The van der Waals surface area contributed by atoms with Crippen molar-refractivity contribution in [3.8, 4) is 5.75 Å². The highest BCUT2D eigenvalue weighted by atomic mass is 79.9. The number of fused-ring (bicyclic) bond motifs is 1. The molecular weight excluding hydrogens is 648 g/mol. The zero-order valence-electron chi connectivity index (χ0n) is 24.4. The molecule has 0 radical (unpaired) electrons. The molecule has 13 nitrogen and oxygen atoms in total. The Morgan fingerprint density at radius 3 is 2.51 bits per heavy atom. The number of carbonyl (C=O) groups is 5. The number of nitrogens with one attached hydrogen (secondary N) is 2. The summed E-state index contributed by atoms with van der Waals surface area (Å²) in [4.78, 5) is 78.8. The first-order valence-corrected chi connectivity index (χ1v) is 15.1. The normalized spacial score (nSPS) is 21.8. The average molecular weight is 678 g/mol. The molecule has 3 aliphatic rings. The quantitative estimate of drug-likeness (QED) is 0.225. The topological polar surface area (TPSA) is 160 Å². The summed E-state index contributed by atoms with van der Waals surface area (Å²) in [5.41, 5.74) is 1.60. The Bertz CT molecular complexity index is 1810. The minimum atomic E-state index is -1.13. The Morgan fingerprint density at radius 1 is 1.02 bits per heavy atom. The molecule has 3 unspecified atom stereocenters. The fraction of sp³-hybridized carbons (Fsp3) is 0.323. The van der Waals surface area contributed by atoms with Crippen LogP contribution in [0, 0.1) is 0 Å². The molecule has 0 saturated carbocycles. The van der Waals surface area contributed by atoms with E-state index < -0.39 is 35.6 Å². The van der Waals surface area contributed by atoms with Crippen LogP contribution in [0.2, 0.25) is 0 Å². The van der Waals surface area contributed by atoms with E-state index in [-0.39, 0.29) is 52.8 Å². The highest BCUT2D eigenvalue weighted by Crippen LogP contribution is 2.34. The fourth-order valence-electron chi connectivity index (χ4n) is 6.12. The van der Waals surface area contributed by atoms with Crippen LogP contribution in [0.3, 0.4) is 0 Å². The van der Waals surface area contributed by atoms with Gasteiger partial charge >= 0.3 is 5.97 Å². The van der Waals surface area contributed by atoms with Crippen LogP contribution in [0.15, 0.2) is 57.9 Å². The molecule has 2 fully saturated rings. The molecule has 6 rings (SSSR count). The van der Waals surface area contributed by atoms with E-state index in [2.05, 4.69) is 36.6 Å². The molecule has 3 aromatic rings. The predicted octanol–water partition coefficient (Wildman–Crippen LogP) is 2.06. The van der Waals surface area contributed by atoms with E-state index in [9.17, 15) is 28.8 Å². The third kappa shape index (κ3) is 5.78. The van der Waals surface area contributed by atoms with Crippen molar-refractivity contribution in [2.24, 2.45) is 7.05 Å². The minimum Gasteiger partial charge on any atom is -0.422 e. The van der Waals surface area contributed by atoms with Gasteiger partial charge in [-0.15, -0.1) is 0 Å². The van der Waals surface area contributed by atoms with Gasteiger partial charge < -0.3 is 15.0 Å². The van der Waals surface area contributed by atoms with Gasteiger partial charge in [0, 0.05) is 32.6 Å². The largest absolute Gasteiger partial charge is 0.422 e. The van der Waals surface area contributed by atoms with Crippen LogP contribution in [-0.4, -0.2) is 81.4 Å². The van der Waals surface area contributed by atoms with Crippen LogP contribution >= 0.6 is 15.9 Å². The summed E-state index contributed by atoms with van der Waals surface area (Å²) >= 11 is 3.37. The lowest BCUT2D eigenvalue weighted by Crippen LogP contribution is -2.54. The van der Waals surface area contributed by atoms with Crippen LogP contribution < -0.4 is 20.9 Å². The SMILES string of the molecule is CN1CC(Nc2cnn(C)c(=O)c2Br)CC(c2ccc(C(=O)Oc3cccc4c3C(=O)N(C3CCC(=O)NC3=O)C4=O)cc2)C1. The van der Waals surface area contributed by atoms with Gasteiger partial charge in [0.1, 0.15) is 16.3 Å². The molecule has 2 saturated heterocycles. The number of likely N-dealkylation sites (tertiary alicyclic amines) is 1. The summed E-state index contributed by atoms with van der Waals surface area (Å²) < 4.78 is 7.29. The number of esters is 1. The summed E-state index contributed by atoms with van der Waals surface area (Å²) in [5.74, 6) is -3.29. The van der Waals surface area contributed by atoms with Gasteiger partial charge in [0.05, 0.1) is 28.6 Å². The number of benzene rings is 2. The van der Waals surface area contributed by atoms with Crippen molar-refractivity contribution in [3.63, 3.8) is 0 Å². The molecule has 4 amide bonds. The third-order valence-corrected chi connectivity index (χ3v) is 9.09. The van der Waals surface area contributed by atoms with Crippen molar-refractivity contribution in [2.45, 2.75) is 37.3 Å². The molecule has 2 N–H and O–H groups in total.